The first-order chi connectivity index (χ1) is 17.5. The highest BCUT2D eigenvalue weighted by Crippen LogP contribution is 2.32. The molecule has 2 aromatic carbocycles. The van der Waals surface area contributed by atoms with Gasteiger partial charge in [-0.25, -0.2) is 4.79 Å². The standard InChI is InChI=1S/C23H23N5O8S/c1-13-19(22(30)36-8-7-35-3)20(25-23(37)26(13)2)14-5-4-6-16(9-14)24-21(29)15-10-17(27(31)32)12-18(11-15)28(33)34/h4-6,9-12,20H,7-8H2,1-3H3,(H,24,29)(H,25,37). The predicted molar refractivity (Wildman–Crippen MR) is 136 cm³/mol. The van der Waals surface area contributed by atoms with Crippen LogP contribution < -0.4 is 10.6 Å². The molecule has 14 heteroatoms. The van der Waals surface area contributed by atoms with E-state index in [9.17, 15) is 29.8 Å². The molecule has 1 unspecified atom stereocenters. The van der Waals surface area contributed by atoms with Gasteiger partial charge in [0.2, 0.25) is 0 Å². The van der Waals surface area contributed by atoms with E-state index >= 15 is 0 Å². The van der Waals surface area contributed by atoms with Gasteiger partial charge in [0.25, 0.3) is 17.3 Å². The van der Waals surface area contributed by atoms with E-state index in [1.54, 1.807) is 43.1 Å². The van der Waals surface area contributed by atoms with Gasteiger partial charge in [-0.15, -0.1) is 0 Å². The van der Waals surface area contributed by atoms with Crippen molar-refractivity contribution in [3.8, 4) is 0 Å². The van der Waals surface area contributed by atoms with Crippen molar-refractivity contribution in [2.75, 3.05) is 32.7 Å². The molecule has 0 spiro atoms. The Bertz CT molecular complexity index is 1280. The summed E-state index contributed by atoms with van der Waals surface area (Å²) in [5.74, 6) is -1.36. The third kappa shape index (κ3) is 6.23. The Balaban J connectivity index is 1.92. The maximum Gasteiger partial charge on any atom is 0.338 e. The van der Waals surface area contributed by atoms with Crippen LogP contribution in [0.4, 0.5) is 17.1 Å². The van der Waals surface area contributed by atoms with Crippen molar-refractivity contribution in [3.05, 3.63) is 85.1 Å². The Morgan fingerprint density at radius 2 is 1.76 bits per heavy atom. The number of nitro benzene ring substituents is 2. The number of nitro groups is 2. The Morgan fingerprint density at radius 1 is 1.11 bits per heavy atom. The van der Waals surface area contributed by atoms with Crippen LogP contribution in [0.15, 0.2) is 53.7 Å². The molecule has 0 fully saturated rings. The largest absolute Gasteiger partial charge is 0.460 e. The summed E-state index contributed by atoms with van der Waals surface area (Å²) in [6.07, 6.45) is 0. The van der Waals surface area contributed by atoms with E-state index in [2.05, 4.69) is 10.6 Å². The van der Waals surface area contributed by atoms with Crippen LogP contribution in [0.1, 0.15) is 28.9 Å². The average Bonchev–Trinajstić information content (AvgIpc) is 2.86. The normalized spacial score (nSPS) is 15.2. The molecular weight excluding hydrogens is 506 g/mol. The topological polar surface area (TPSA) is 166 Å². The van der Waals surface area contributed by atoms with E-state index < -0.39 is 39.1 Å². The minimum absolute atomic E-state index is 0.0540. The maximum absolute atomic E-state index is 12.9. The molecule has 0 radical (unpaired) electrons. The first-order valence-corrected chi connectivity index (χ1v) is 11.2. The third-order valence-electron chi connectivity index (χ3n) is 5.56. The third-order valence-corrected chi connectivity index (χ3v) is 5.95. The Kier molecular flexibility index (Phi) is 8.47. The first kappa shape index (κ1) is 27.2. The summed E-state index contributed by atoms with van der Waals surface area (Å²) in [5, 5.41) is 28.4. The molecule has 194 valence electrons. The zero-order valence-electron chi connectivity index (χ0n) is 20.0. The van der Waals surface area contributed by atoms with Crippen LogP contribution in [0.25, 0.3) is 0 Å². The summed E-state index contributed by atoms with van der Waals surface area (Å²) in [4.78, 5) is 48.0. The lowest BCUT2D eigenvalue weighted by molar-refractivity contribution is -0.394. The highest BCUT2D eigenvalue weighted by atomic mass is 32.1. The van der Waals surface area contributed by atoms with Crippen LogP contribution in [0.5, 0.6) is 0 Å². The molecule has 13 nitrogen and oxygen atoms in total. The number of ether oxygens (including phenoxy) is 2. The number of nitrogens with one attached hydrogen (secondary N) is 2. The van der Waals surface area contributed by atoms with E-state index in [1.165, 1.54) is 7.11 Å². The second kappa shape index (κ2) is 11.5. The van der Waals surface area contributed by atoms with E-state index in [0.29, 0.717) is 21.9 Å². The van der Waals surface area contributed by atoms with Gasteiger partial charge < -0.3 is 25.0 Å². The number of benzene rings is 2. The Morgan fingerprint density at radius 3 is 2.35 bits per heavy atom. The van der Waals surface area contributed by atoms with Crippen LogP contribution >= 0.6 is 12.2 Å². The number of carbonyl (C=O) groups is 2. The van der Waals surface area contributed by atoms with Crippen molar-refractivity contribution >= 4 is 46.3 Å². The fourth-order valence-corrected chi connectivity index (χ4v) is 3.84. The number of non-ortho nitro benzene ring substituents is 2. The average molecular weight is 530 g/mol. The Hall–Kier alpha value is -4.43. The summed E-state index contributed by atoms with van der Waals surface area (Å²) >= 11 is 5.39. The molecule has 0 saturated heterocycles. The van der Waals surface area contributed by atoms with Gasteiger partial charge >= 0.3 is 5.97 Å². The Labute approximate surface area is 216 Å². The van der Waals surface area contributed by atoms with Crippen molar-refractivity contribution in [2.45, 2.75) is 13.0 Å². The van der Waals surface area contributed by atoms with Gasteiger partial charge in [-0.05, 0) is 36.8 Å². The maximum atomic E-state index is 12.9. The molecule has 1 aliphatic heterocycles. The highest BCUT2D eigenvalue weighted by molar-refractivity contribution is 7.80. The number of thiocarbonyl (C=S) groups is 1. The van der Waals surface area contributed by atoms with Gasteiger partial charge in [0.15, 0.2) is 5.11 Å². The number of anilines is 1. The summed E-state index contributed by atoms with van der Waals surface area (Å²) in [5.41, 5.74) is 0.302. The van der Waals surface area contributed by atoms with Crippen molar-refractivity contribution in [3.63, 3.8) is 0 Å². The quantitative estimate of drug-likeness (QED) is 0.161. The molecule has 2 aromatic rings. The number of hydrogen-bond donors (Lipinski definition) is 2. The molecule has 0 bridgehead atoms. The van der Waals surface area contributed by atoms with Gasteiger partial charge in [-0.1, -0.05) is 12.1 Å². The molecule has 1 aliphatic rings. The molecule has 1 amide bonds. The van der Waals surface area contributed by atoms with Crippen molar-refractivity contribution in [1.29, 1.82) is 0 Å². The zero-order valence-corrected chi connectivity index (χ0v) is 20.9. The van der Waals surface area contributed by atoms with Gasteiger partial charge in [0, 0.05) is 37.7 Å². The van der Waals surface area contributed by atoms with Gasteiger partial charge in [-0.2, -0.15) is 0 Å². The lowest BCUT2D eigenvalue weighted by atomic mass is 9.94. The number of hydrogen-bond acceptors (Lipinski definition) is 9. The van der Waals surface area contributed by atoms with Crippen LogP contribution in [0.3, 0.4) is 0 Å². The lowest BCUT2D eigenvalue weighted by Crippen LogP contribution is -2.46. The number of esters is 1. The number of methoxy groups -OCH3 is 1. The van der Waals surface area contributed by atoms with Gasteiger partial charge in [0.05, 0.1) is 39.7 Å². The van der Waals surface area contributed by atoms with Gasteiger partial charge in [-0.3, -0.25) is 25.0 Å². The lowest BCUT2D eigenvalue weighted by Gasteiger charge is -2.35. The number of nitrogens with zero attached hydrogens (tertiary/aromatic N) is 3. The van der Waals surface area contributed by atoms with Gasteiger partial charge in [0.1, 0.15) is 6.61 Å². The summed E-state index contributed by atoms with van der Waals surface area (Å²) in [6, 6.07) is 8.47. The molecule has 1 atom stereocenters. The second-order valence-corrected chi connectivity index (χ2v) is 8.29. The monoisotopic (exact) mass is 529 g/mol. The fraction of sp³-hybridized carbons (Fsp3) is 0.261. The number of amides is 1. The van der Waals surface area contributed by atoms with Crippen molar-refractivity contribution < 1.29 is 28.9 Å². The minimum Gasteiger partial charge on any atom is -0.460 e. The molecule has 37 heavy (non-hydrogen) atoms. The van der Waals surface area contributed by atoms with Crippen LogP contribution in [0.2, 0.25) is 0 Å². The number of rotatable bonds is 9. The predicted octanol–water partition coefficient (Wildman–Crippen LogP) is 3.08. The molecule has 3 rings (SSSR count). The smallest absolute Gasteiger partial charge is 0.338 e. The number of carbonyl (C=O) groups excluding carboxylic acids is 2. The van der Waals surface area contributed by atoms with Crippen LogP contribution in [0, 0.1) is 20.2 Å². The summed E-state index contributed by atoms with van der Waals surface area (Å²) < 4.78 is 10.3. The highest BCUT2D eigenvalue weighted by Gasteiger charge is 2.33. The minimum atomic E-state index is -0.818. The van der Waals surface area contributed by atoms with Crippen molar-refractivity contribution in [1.82, 2.24) is 10.2 Å². The zero-order chi connectivity index (χ0) is 27.3. The first-order valence-electron chi connectivity index (χ1n) is 10.8. The van der Waals surface area contributed by atoms with E-state index in [1.807, 2.05) is 0 Å². The molecule has 0 aromatic heterocycles. The van der Waals surface area contributed by atoms with Crippen molar-refractivity contribution in [2.24, 2.45) is 0 Å². The summed E-state index contributed by atoms with van der Waals surface area (Å²) in [6.45, 7) is 2.01. The molecule has 1 heterocycles. The summed E-state index contributed by atoms with van der Waals surface area (Å²) in [7, 11) is 3.19. The number of allylic oxidation sites excluding steroid dienone is 1. The second-order valence-electron chi connectivity index (χ2n) is 7.90. The fourth-order valence-electron chi connectivity index (χ4n) is 3.58. The molecule has 0 saturated carbocycles. The van der Waals surface area contributed by atoms with Crippen LogP contribution in [-0.4, -0.2) is 59.1 Å². The molecule has 0 aliphatic carbocycles. The molecular formula is C23H23N5O8S. The van der Waals surface area contributed by atoms with E-state index in [4.69, 9.17) is 21.7 Å². The SMILES string of the molecule is COCCOC(=O)C1=C(C)N(C)C(=S)NC1c1cccc(NC(=O)c2cc([N+](=O)[O-])cc([N+](=O)[O-])c2)c1. The van der Waals surface area contributed by atoms with E-state index in [-0.39, 0.29) is 24.5 Å². The molecule has 2 N–H and O–H groups in total. The van der Waals surface area contributed by atoms with Crippen LogP contribution in [-0.2, 0) is 14.3 Å². The van der Waals surface area contributed by atoms with E-state index in [0.717, 1.165) is 18.2 Å².